The number of rotatable bonds is 4. The monoisotopic (exact) mass is 390 g/mol. The van der Waals surface area contributed by atoms with Crippen LogP contribution in [-0.4, -0.2) is 33.4 Å². The van der Waals surface area contributed by atoms with E-state index < -0.39 is 0 Å². The van der Waals surface area contributed by atoms with Gasteiger partial charge in [-0.25, -0.2) is 0 Å². The van der Waals surface area contributed by atoms with Crippen LogP contribution in [0.2, 0.25) is 0 Å². The maximum atomic E-state index is 13.4. The van der Waals surface area contributed by atoms with Crippen LogP contribution in [0, 0.1) is 0 Å². The maximum Gasteiger partial charge on any atom is 0.296 e. The highest BCUT2D eigenvalue weighted by Crippen LogP contribution is 2.28. The third-order valence-electron chi connectivity index (χ3n) is 4.89. The number of aromatic nitrogens is 3. The number of hydrogen-bond donors (Lipinski definition) is 1. The van der Waals surface area contributed by atoms with E-state index in [-0.39, 0.29) is 23.2 Å². The van der Waals surface area contributed by atoms with Crippen molar-refractivity contribution in [2.45, 2.75) is 19.9 Å². The van der Waals surface area contributed by atoms with Crippen LogP contribution in [0.15, 0.2) is 53.3 Å². The standard InChI is InChI=1S/C22H22N4O3/c1-13(2)23-21(27)19-18-16-7-5-6-8-17(16)25(3)20(18)22(28)26(24-19)14-9-11-15(29-4)12-10-14/h5-13H,1-4H3,(H,23,27). The number of nitrogens with zero attached hydrogens (tertiary/aromatic N) is 3. The van der Waals surface area contributed by atoms with E-state index in [0.717, 1.165) is 10.9 Å². The molecule has 7 heteroatoms. The lowest BCUT2D eigenvalue weighted by molar-refractivity contribution is 0.0938. The van der Waals surface area contributed by atoms with E-state index >= 15 is 0 Å². The Kier molecular flexibility index (Phi) is 4.58. The molecular weight excluding hydrogens is 368 g/mol. The number of nitrogens with one attached hydrogen (secondary N) is 1. The Bertz CT molecular complexity index is 1280. The second-order valence-corrected chi connectivity index (χ2v) is 7.19. The van der Waals surface area contributed by atoms with Crippen molar-refractivity contribution in [1.82, 2.24) is 19.7 Å². The fourth-order valence-electron chi connectivity index (χ4n) is 3.57. The molecule has 1 amide bonds. The Morgan fingerprint density at radius 1 is 1.10 bits per heavy atom. The van der Waals surface area contributed by atoms with Gasteiger partial charge in [0.2, 0.25) is 0 Å². The van der Waals surface area contributed by atoms with Crippen LogP contribution in [0.5, 0.6) is 5.75 Å². The van der Waals surface area contributed by atoms with Gasteiger partial charge in [-0.1, -0.05) is 18.2 Å². The number of amides is 1. The minimum Gasteiger partial charge on any atom is -0.497 e. The van der Waals surface area contributed by atoms with Crippen molar-refractivity contribution >= 4 is 27.7 Å². The molecule has 0 aliphatic rings. The molecule has 4 aromatic rings. The molecule has 29 heavy (non-hydrogen) atoms. The molecule has 7 nitrogen and oxygen atoms in total. The van der Waals surface area contributed by atoms with Gasteiger partial charge in [-0.05, 0) is 44.2 Å². The van der Waals surface area contributed by atoms with Crippen LogP contribution in [-0.2, 0) is 7.05 Å². The fourth-order valence-corrected chi connectivity index (χ4v) is 3.57. The first-order chi connectivity index (χ1) is 13.9. The van der Waals surface area contributed by atoms with E-state index in [2.05, 4.69) is 10.4 Å². The molecule has 2 aromatic heterocycles. The molecule has 0 spiro atoms. The van der Waals surface area contributed by atoms with Crippen molar-refractivity contribution in [3.8, 4) is 11.4 Å². The second kappa shape index (κ2) is 7.09. The number of hydrogen-bond acceptors (Lipinski definition) is 4. The molecule has 2 heterocycles. The number of methoxy groups -OCH3 is 1. The summed E-state index contributed by atoms with van der Waals surface area (Å²) in [6, 6.07) is 14.6. The van der Waals surface area contributed by atoms with Crippen LogP contribution in [0.1, 0.15) is 24.3 Å². The van der Waals surface area contributed by atoms with E-state index in [1.165, 1.54) is 4.68 Å². The van der Waals surface area contributed by atoms with E-state index in [1.54, 1.807) is 31.4 Å². The molecule has 4 rings (SSSR count). The smallest absolute Gasteiger partial charge is 0.296 e. The topological polar surface area (TPSA) is 78.2 Å². The van der Waals surface area contributed by atoms with E-state index in [0.29, 0.717) is 22.3 Å². The first-order valence-corrected chi connectivity index (χ1v) is 9.38. The summed E-state index contributed by atoms with van der Waals surface area (Å²) in [4.78, 5) is 26.4. The molecule has 0 bridgehead atoms. The van der Waals surface area contributed by atoms with E-state index in [9.17, 15) is 9.59 Å². The molecule has 0 aliphatic carbocycles. The molecule has 2 aromatic carbocycles. The summed E-state index contributed by atoms with van der Waals surface area (Å²) < 4.78 is 8.29. The first kappa shape index (κ1) is 18.7. The molecule has 0 saturated heterocycles. The highest BCUT2D eigenvalue weighted by atomic mass is 16.5. The van der Waals surface area contributed by atoms with Crippen molar-refractivity contribution in [2.24, 2.45) is 7.05 Å². The predicted molar refractivity (Wildman–Crippen MR) is 113 cm³/mol. The number of ether oxygens (including phenoxy) is 1. The summed E-state index contributed by atoms with van der Waals surface area (Å²) >= 11 is 0. The summed E-state index contributed by atoms with van der Waals surface area (Å²) in [7, 11) is 3.41. The van der Waals surface area contributed by atoms with Crippen molar-refractivity contribution in [1.29, 1.82) is 0 Å². The van der Waals surface area contributed by atoms with E-state index in [1.807, 2.05) is 49.7 Å². The Hall–Kier alpha value is -3.61. The number of fused-ring (bicyclic) bond motifs is 3. The number of aryl methyl sites for hydroxylation is 1. The number of carbonyl (C=O) groups excluding carboxylic acids is 1. The first-order valence-electron chi connectivity index (χ1n) is 9.38. The number of para-hydroxylation sites is 1. The van der Waals surface area contributed by atoms with E-state index in [4.69, 9.17) is 4.74 Å². The Morgan fingerprint density at radius 2 is 1.79 bits per heavy atom. The minimum absolute atomic E-state index is 0.0595. The zero-order chi connectivity index (χ0) is 20.7. The van der Waals surface area contributed by atoms with Gasteiger partial charge in [0, 0.05) is 29.4 Å². The van der Waals surface area contributed by atoms with Gasteiger partial charge in [-0.15, -0.1) is 0 Å². The van der Waals surface area contributed by atoms with Gasteiger partial charge in [0.25, 0.3) is 11.5 Å². The third kappa shape index (κ3) is 3.04. The van der Waals surface area contributed by atoms with Gasteiger partial charge in [0.05, 0.1) is 12.8 Å². The molecule has 0 unspecified atom stereocenters. The third-order valence-corrected chi connectivity index (χ3v) is 4.89. The molecule has 0 atom stereocenters. The fraction of sp³-hybridized carbons (Fsp3) is 0.227. The van der Waals surface area contributed by atoms with Crippen LogP contribution < -0.4 is 15.6 Å². The lowest BCUT2D eigenvalue weighted by Crippen LogP contribution is -2.34. The van der Waals surface area contributed by atoms with Gasteiger partial charge < -0.3 is 14.6 Å². The highest BCUT2D eigenvalue weighted by molar-refractivity contribution is 6.16. The maximum absolute atomic E-state index is 13.4. The van der Waals surface area contributed by atoms with Crippen molar-refractivity contribution in [2.75, 3.05) is 7.11 Å². The van der Waals surface area contributed by atoms with Gasteiger partial charge in [0.15, 0.2) is 5.69 Å². The van der Waals surface area contributed by atoms with Gasteiger partial charge in [0.1, 0.15) is 11.3 Å². The van der Waals surface area contributed by atoms with Crippen LogP contribution in [0.25, 0.3) is 27.5 Å². The summed E-state index contributed by atoms with van der Waals surface area (Å²) in [5, 5.41) is 8.77. The number of carbonyl (C=O) groups is 1. The largest absolute Gasteiger partial charge is 0.497 e. The molecule has 0 fully saturated rings. The Balaban J connectivity index is 2.09. The predicted octanol–water partition coefficient (Wildman–Crippen LogP) is 3.02. The normalized spacial score (nSPS) is 11.3. The minimum atomic E-state index is -0.316. The quantitative estimate of drug-likeness (QED) is 0.581. The average Bonchev–Trinajstić information content (AvgIpc) is 3.01. The Labute approximate surface area is 167 Å². The number of benzene rings is 2. The van der Waals surface area contributed by atoms with Gasteiger partial charge in [-0.3, -0.25) is 9.59 Å². The van der Waals surface area contributed by atoms with Gasteiger partial charge >= 0.3 is 0 Å². The summed E-state index contributed by atoms with van der Waals surface area (Å²) in [5.74, 6) is 0.355. The molecule has 0 aliphatic heterocycles. The summed E-state index contributed by atoms with van der Waals surface area (Å²) in [6.07, 6.45) is 0. The molecule has 1 N–H and O–H groups in total. The lowest BCUT2D eigenvalue weighted by atomic mass is 10.1. The zero-order valence-corrected chi connectivity index (χ0v) is 16.8. The molecular formula is C22H22N4O3. The molecule has 0 radical (unpaired) electrons. The summed E-state index contributed by atoms with van der Waals surface area (Å²) in [5.41, 5.74) is 1.80. The van der Waals surface area contributed by atoms with Crippen LogP contribution >= 0.6 is 0 Å². The summed E-state index contributed by atoms with van der Waals surface area (Å²) in [6.45, 7) is 3.77. The Morgan fingerprint density at radius 3 is 2.45 bits per heavy atom. The lowest BCUT2D eigenvalue weighted by Gasteiger charge is -2.12. The SMILES string of the molecule is COc1ccc(-n2nc(C(=O)NC(C)C)c3c4ccccc4n(C)c3c2=O)cc1. The zero-order valence-electron chi connectivity index (χ0n) is 16.8. The second-order valence-electron chi connectivity index (χ2n) is 7.19. The highest BCUT2D eigenvalue weighted by Gasteiger charge is 2.23. The average molecular weight is 390 g/mol. The van der Waals surface area contributed by atoms with Crippen molar-refractivity contribution in [3.63, 3.8) is 0 Å². The molecule has 148 valence electrons. The van der Waals surface area contributed by atoms with Crippen LogP contribution in [0.4, 0.5) is 0 Å². The molecule has 0 saturated carbocycles. The van der Waals surface area contributed by atoms with Crippen LogP contribution in [0.3, 0.4) is 0 Å². The van der Waals surface area contributed by atoms with Crippen molar-refractivity contribution in [3.05, 3.63) is 64.6 Å². The van der Waals surface area contributed by atoms with Crippen molar-refractivity contribution < 1.29 is 9.53 Å². The van der Waals surface area contributed by atoms with Gasteiger partial charge in [-0.2, -0.15) is 9.78 Å².